The molecule has 3 N–H and O–H groups in total. The van der Waals surface area contributed by atoms with Crippen LogP contribution < -0.4 is 10.6 Å². The molecule has 5 nitrogen and oxygen atoms in total. The van der Waals surface area contributed by atoms with Gasteiger partial charge in [-0.3, -0.25) is 4.99 Å². The van der Waals surface area contributed by atoms with Crippen molar-refractivity contribution in [2.45, 2.75) is 26.7 Å². The molecule has 0 aliphatic carbocycles. The maximum absolute atomic E-state index is 13.2. The molecule has 2 aromatic carbocycles. The van der Waals surface area contributed by atoms with Gasteiger partial charge in [0.15, 0.2) is 5.96 Å². The summed E-state index contributed by atoms with van der Waals surface area (Å²) in [5.41, 5.74) is 4.15. The minimum Gasteiger partial charge on any atom is -0.357 e. The molecule has 0 amide bonds. The molecule has 0 fully saturated rings. The standard InChI is InChI=1S/C21H26FN5.HI/c1-3-23-21(24-12-10-16-8-9-17(22)14-15(16)2)25-13-11-20-26-18-6-4-5-7-19(18)27-20;/h4-9,14H,3,10-13H2,1-2H3,(H,26,27)(H2,23,24,25);1H. The quantitative estimate of drug-likeness (QED) is 0.264. The third-order valence-electron chi connectivity index (χ3n) is 4.39. The smallest absolute Gasteiger partial charge is 0.191 e. The van der Waals surface area contributed by atoms with Gasteiger partial charge in [-0.05, 0) is 55.7 Å². The largest absolute Gasteiger partial charge is 0.357 e. The Labute approximate surface area is 182 Å². The van der Waals surface area contributed by atoms with Crippen molar-refractivity contribution in [1.82, 2.24) is 20.6 Å². The average molecular weight is 495 g/mol. The summed E-state index contributed by atoms with van der Waals surface area (Å²) in [6.45, 7) is 6.16. The number of fused-ring (bicyclic) bond motifs is 1. The fraction of sp³-hybridized carbons (Fsp3) is 0.333. The number of aromatic nitrogens is 2. The molecule has 0 saturated carbocycles. The number of aromatic amines is 1. The topological polar surface area (TPSA) is 65.1 Å². The molecule has 0 atom stereocenters. The van der Waals surface area contributed by atoms with Crippen molar-refractivity contribution in [3.8, 4) is 0 Å². The first-order valence-electron chi connectivity index (χ1n) is 9.36. The Bertz CT molecular complexity index is 889. The SMILES string of the molecule is CCNC(=NCCc1nc2ccccc2[nH]1)NCCc1ccc(F)cc1C.I. The van der Waals surface area contributed by atoms with Crippen LogP contribution in [0.2, 0.25) is 0 Å². The number of nitrogens with zero attached hydrogens (tertiary/aromatic N) is 2. The Balaban J connectivity index is 0.00000280. The van der Waals surface area contributed by atoms with E-state index in [1.54, 1.807) is 6.07 Å². The Kier molecular flexibility index (Phi) is 8.69. The molecule has 150 valence electrons. The molecule has 28 heavy (non-hydrogen) atoms. The van der Waals surface area contributed by atoms with E-state index in [4.69, 9.17) is 0 Å². The van der Waals surface area contributed by atoms with Gasteiger partial charge in [0.05, 0.1) is 11.0 Å². The van der Waals surface area contributed by atoms with Gasteiger partial charge >= 0.3 is 0 Å². The minimum atomic E-state index is -0.190. The molecular weight excluding hydrogens is 468 g/mol. The van der Waals surface area contributed by atoms with E-state index in [0.717, 1.165) is 59.9 Å². The molecule has 0 spiro atoms. The van der Waals surface area contributed by atoms with Crippen molar-refractivity contribution in [2.24, 2.45) is 4.99 Å². The molecule has 3 rings (SSSR count). The van der Waals surface area contributed by atoms with E-state index < -0.39 is 0 Å². The van der Waals surface area contributed by atoms with Gasteiger partial charge in [0.1, 0.15) is 11.6 Å². The number of H-pyrrole nitrogens is 1. The first-order valence-corrected chi connectivity index (χ1v) is 9.36. The number of imidazole rings is 1. The van der Waals surface area contributed by atoms with E-state index in [9.17, 15) is 4.39 Å². The van der Waals surface area contributed by atoms with Crippen LogP contribution in [0, 0.1) is 12.7 Å². The first-order chi connectivity index (χ1) is 13.2. The highest BCUT2D eigenvalue weighted by Crippen LogP contribution is 2.11. The van der Waals surface area contributed by atoms with Gasteiger partial charge < -0.3 is 15.6 Å². The summed E-state index contributed by atoms with van der Waals surface area (Å²) in [6.07, 6.45) is 1.57. The fourth-order valence-corrected chi connectivity index (χ4v) is 2.99. The number of rotatable bonds is 7. The number of guanidine groups is 1. The normalized spacial score (nSPS) is 11.3. The molecular formula is C21H27FIN5. The van der Waals surface area contributed by atoms with Crippen LogP contribution >= 0.6 is 24.0 Å². The van der Waals surface area contributed by atoms with E-state index >= 15 is 0 Å². The maximum Gasteiger partial charge on any atom is 0.191 e. The molecule has 0 saturated heterocycles. The molecule has 7 heteroatoms. The zero-order valence-corrected chi connectivity index (χ0v) is 18.6. The number of halogens is 2. The maximum atomic E-state index is 13.2. The summed E-state index contributed by atoms with van der Waals surface area (Å²) >= 11 is 0. The van der Waals surface area contributed by atoms with Gasteiger partial charge in [0, 0.05) is 26.1 Å². The predicted molar refractivity (Wildman–Crippen MR) is 124 cm³/mol. The number of aryl methyl sites for hydroxylation is 1. The number of hydrogen-bond donors (Lipinski definition) is 3. The van der Waals surface area contributed by atoms with Crippen molar-refractivity contribution in [2.75, 3.05) is 19.6 Å². The molecule has 1 aromatic heterocycles. The fourth-order valence-electron chi connectivity index (χ4n) is 2.99. The van der Waals surface area contributed by atoms with Crippen LogP contribution in [0.3, 0.4) is 0 Å². The van der Waals surface area contributed by atoms with Crippen molar-refractivity contribution in [3.05, 3.63) is 65.2 Å². The number of nitrogens with one attached hydrogen (secondary N) is 3. The van der Waals surface area contributed by atoms with Gasteiger partial charge in [-0.25, -0.2) is 9.37 Å². The predicted octanol–water partition coefficient (Wildman–Crippen LogP) is 3.97. The highest BCUT2D eigenvalue weighted by atomic mass is 127. The van der Waals surface area contributed by atoms with E-state index in [1.807, 2.05) is 44.2 Å². The minimum absolute atomic E-state index is 0. The van der Waals surface area contributed by atoms with Crippen molar-refractivity contribution in [3.63, 3.8) is 0 Å². The lowest BCUT2D eigenvalue weighted by Crippen LogP contribution is -2.38. The second-order valence-corrected chi connectivity index (χ2v) is 6.46. The van der Waals surface area contributed by atoms with Gasteiger partial charge in [-0.1, -0.05) is 18.2 Å². The molecule has 0 aliphatic rings. The van der Waals surface area contributed by atoms with Gasteiger partial charge in [-0.15, -0.1) is 24.0 Å². The van der Waals surface area contributed by atoms with Crippen molar-refractivity contribution >= 4 is 41.0 Å². The third kappa shape index (κ3) is 6.19. The second-order valence-electron chi connectivity index (χ2n) is 6.46. The number of para-hydroxylation sites is 2. The van der Waals surface area contributed by atoms with Crippen LogP contribution in [-0.4, -0.2) is 35.6 Å². The van der Waals surface area contributed by atoms with Gasteiger partial charge in [0.2, 0.25) is 0 Å². The molecule has 0 radical (unpaired) electrons. The molecule has 0 unspecified atom stereocenters. The van der Waals surface area contributed by atoms with Crippen molar-refractivity contribution in [1.29, 1.82) is 0 Å². The summed E-state index contributed by atoms with van der Waals surface area (Å²) in [4.78, 5) is 12.5. The highest BCUT2D eigenvalue weighted by Gasteiger charge is 2.03. The molecule has 3 aromatic rings. The zero-order valence-electron chi connectivity index (χ0n) is 16.3. The number of aliphatic imine (C=N–C) groups is 1. The first kappa shape index (κ1) is 22.1. The summed E-state index contributed by atoms with van der Waals surface area (Å²) in [5.74, 6) is 1.54. The highest BCUT2D eigenvalue weighted by molar-refractivity contribution is 14.0. The van der Waals surface area contributed by atoms with Crippen LogP contribution in [0.1, 0.15) is 23.9 Å². The van der Waals surface area contributed by atoms with Crippen LogP contribution in [0.4, 0.5) is 4.39 Å². The Hall–Kier alpha value is -2.16. The van der Waals surface area contributed by atoms with Crippen LogP contribution in [0.25, 0.3) is 11.0 Å². The summed E-state index contributed by atoms with van der Waals surface area (Å²) in [5, 5.41) is 6.59. The van der Waals surface area contributed by atoms with Gasteiger partial charge in [0.25, 0.3) is 0 Å². The average Bonchev–Trinajstić information content (AvgIpc) is 3.06. The summed E-state index contributed by atoms with van der Waals surface area (Å²) in [7, 11) is 0. The molecule has 0 aliphatic heterocycles. The second kappa shape index (κ2) is 11.0. The lowest BCUT2D eigenvalue weighted by Gasteiger charge is -2.12. The van der Waals surface area contributed by atoms with E-state index in [0.29, 0.717) is 6.54 Å². The Morgan fingerprint density at radius 1 is 1.14 bits per heavy atom. The summed E-state index contributed by atoms with van der Waals surface area (Å²) < 4.78 is 13.2. The van der Waals surface area contributed by atoms with Crippen LogP contribution in [0.5, 0.6) is 0 Å². The Morgan fingerprint density at radius 3 is 2.71 bits per heavy atom. The number of benzene rings is 2. The van der Waals surface area contributed by atoms with Crippen molar-refractivity contribution < 1.29 is 4.39 Å². The molecule has 0 bridgehead atoms. The molecule has 1 heterocycles. The Morgan fingerprint density at radius 2 is 1.96 bits per heavy atom. The van der Waals surface area contributed by atoms with E-state index in [2.05, 4.69) is 25.6 Å². The third-order valence-corrected chi connectivity index (χ3v) is 4.39. The van der Waals surface area contributed by atoms with Gasteiger partial charge in [-0.2, -0.15) is 0 Å². The van der Waals surface area contributed by atoms with Crippen LogP contribution in [-0.2, 0) is 12.8 Å². The zero-order chi connectivity index (χ0) is 19.1. The van der Waals surface area contributed by atoms with E-state index in [1.165, 1.54) is 6.07 Å². The lowest BCUT2D eigenvalue weighted by molar-refractivity contribution is 0.625. The monoisotopic (exact) mass is 495 g/mol. The van der Waals surface area contributed by atoms with Crippen LogP contribution in [0.15, 0.2) is 47.5 Å². The number of hydrogen-bond acceptors (Lipinski definition) is 2. The van der Waals surface area contributed by atoms with E-state index in [-0.39, 0.29) is 29.8 Å². The lowest BCUT2D eigenvalue weighted by atomic mass is 10.1. The summed E-state index contributed by atoms with van der Waals surface area (Å²) in [6, 6.07) is 12.9.